The molecule has 1 atom stereocenters. The minimum atomic E-state index is 0.126. The number of anilines is 1. The first-order chi connectivity index (χ1) is 9.87. The quantitative estimate of drug-likeness (QED) is 0.923. The number of aromatic nitrogens is 1. The minimum Gasteiger partial charge on any atom is -0.370 e. The molecule has 1 aromatic heterocycles. The van der Waals surface area contributed by atoms with Gasteiger partial charge >= 0.3 is 0 Å². The Bertz CT molecular complexity index is 450. The summed E-state index contributed by atoms with van der Waals surface area (Å²) in [7, 11) is 4.37. The molecule has 1 aromatic rings. The average Bonchev–Trinajstić information content (AvgIpc) is 2.45. The van der Waals surface area contributed by atoms with E-state index in [9.17, 15) is 0 Å². The van der Waals surface area contributed by atoms with Gasteiger partial charge in [-0.05, 0) is 53.8 Å². The van der Waals surface area contributed by atoms with E-state index < -0.39 is 0 Å². The predicted molar refractivity (Wildman–Crippen MR) is 89.8 cm³/mol. The molecule has 0 aromatic carbocycles. The van der Waals surface area contributed by atoms with Gasteiger partial charge in [0.05, 0.1) is 0 Å². The van der Waals surface area contributed by atoms with Gasteiger partial charge in [0.2, 0.25) is 0 Å². The van der Waals surface area contributed by atoms with Crippen molar-refractivity contribution in [3.8, 4) is 0 Å². The summed E-state index contributed by atoms with van der Waals surface area (Å²) in [5.41, 5.74) is 2.77. The first kappa shape index (κ1) is 16.2. The first-order valence-corrected chi connectivity index (χ1v) is 7.96. The molecule has 0 radical (unpaired) electrons. The van der Waals surface area contributed by atoms with E-state index in [2.05, 4.69) is 61.0 Å². The van der Waals surface area contributed by atoms with Crippen LogP contribution in [0.1, 0.15) is 39.2 Å². The van der Waals surface area contributed by atoms with Crippen LogP contribution in [0.25, 0.3) is 0 Å². The topological polar surface area (TPSA) is 31.4 Å². The highest BCUT2D eigenvalue weighted by Gasteiger charge is 2.23. The van der Waals surface area contributed by atoms with Gasteiger partial charge in [-0.15, -0.1) is 0 Å². The first-order valence-electron chi connectivity index (χ1n) is 7.96. The van der Waals surface area contributed by atoms with E-state index in [4.69, 9.17) is 0 Å². The number of pyridine rings is 1. The van der Waals surface area contributed by atoms with Gasteiger partial charge in [0, 0.05) is 54.9 Å². The zero-order chi connectivity index (χ0) is 15.5. The third kappa shape index (κ3) is 4.68. The van der Waals surface area contributed by atoms with E-state index in [0.29, 0.717) is 6.04 Å². The summed E-state index contributed by atoms with van der Waals surface area (Å²) < 4.78 is 0. The number of hydrogen-bond acceptors (Lipinski definition) is 4. The molecule has 21 heavy (non-hydrogen) atoms. The molecule has 1 saturated heterocycles. The van der Waals surface area contributed by atoms with Gasteiger partial charge in [0.1, 0.15) is 0 Å². The fourth-order valence-electron chi connectivity index (χ4n) is 2.82. The Morgan fingerprint density at radius 1 is 1.38 bits per heavy atom. The largest absolute Gasteiger partial charge is 0.370 e. The smallest absolute Gasteiger partial charge is 0.0443 e. The van der Waals surface area contributed by atoms with Crippen molar-refractivity contribution >= 4 is 5.69 Å². The zero-order valence-corrected chi connectivity index (χ0v) is 14.2. The summed E-state index contributed by atoms with van der Waals surface area (Å²) in [6.07, 6.45) is 6.48. The molecule has 4 nitrogen and oxygen atoms in total. The van der Waals surface area contributed by atoms with E-state index in [0.717, 1.165) is 19.6 Å². The molecule has 1 fully saturated rings. The molecule has 2 heterocycles. The summed E-state index contributed by atoms with van der Waals surface area (Å²) in [5.74, 6) is 0. The van der Waals surface area contributed by atoms with Crippen LogP contribution >= 0.6 is 0 Å². The van der Waals surface area contributed by atoms with Crippen molar-refractivity contribution in [3.05, 3.63) is 24.0 Å². The highest BCUT2D eigenvalue weighted by Crippen LogP contribution is 2.25. The lowest BCUT2D eigenvalue weighted by molar-refractivity contribution is 0.258. The van der Waals surface area contributed by atoms with Crippen LogP contribution in [0.4, 0.5) is 5.69 Å². The number of hydrogen-bond donors (Lipinski definition) is 1. The number of nitrogens with one attached hydrogen (secondary N) is 1. The third-order valence-corrected chi connectivity index (χ3v) is 4.15. The van der Waals surface area contributed by atoms with Crippen molar-refractivity contribution in [2.45, 2.75) is 51.7 Å². The van der Waals surface area contributed by atoms with E-state index >= 15 is 0 Å². The maximum atomic E-state index is 4.32. The van der Waals surface area contributed by atoms with Crippen molar-refractivity contribution in [3.63, 3.8) is 0 Å². The van der Waals surface area contributed by atoms with E-state index in [-0.39, 0.29) is 5.54 Å². The minimum absolute atomic E-state index is 0.126. The molecular formula is C17H30N4. The molecule has 0 spiro atoms. The Hall–Kier alpha value is -1.13. The van der Waals surface area contributed by atoms with Crippen LogP contribution in [0, 0.1) is 0 Å². The molecule has 1 aliphatic heterocycles. The molecule has 118 valence electrons. The Labute approximate surface area is 129 Å². The zero-order valence-electron chi connectivity index (χ0n) is 14.2. The second kappa shape index (κ2) is 6.75. The molecular weight excluding hydrogens is 260 g/mol. The van der Waals surface area contributed by atoms with Crippen LogP contribution in [0.3, 0.4) is 0 Å². The fourth-order valence-corrected chi connectivity index (χ4v) is 2.82. The van der Waals surface area contributed by atoms with Gasteiger partial charge in [-0.2, -0.15) is 0 Å². The van der Waals surface area contributed by atoms with Gasteiger partial charge in [0.15, 0.2) is 0 Å². The standard InChI is InChI=1S/C17H30N4/c1-17(2,3)19-12-14-11-18-9-8-16(14)21-10-6-7-15(13-21)20(4)5/h8-9,11,15,19H,6-7,10,12-13H2,1-5H3. The van der Waals surface area contributed by atoms with E-state index in [1.54, 1.807) is 0 Å². The Morgan fingerprint density at radius 3 is 2.81 bits per heavy atom. The van der Waals surface area contributed by atoms with Gasteiger partial charge in [0.25, 0.3) is 0 Å². The van der Waals surface area contributed by atoms with Crippen molar-refractivity contribution in [1.29, 1.82) is 0 Å². The van der Waals surface area contributed by atoms with Crippen molar-refractivity contribution in [2.24, 2.45) is 0 Å². The van der Waals surface area contributed by atoms with Crippen LogP contribution in [-0.4, -0.2) is 48.6 Å². The molecule has 1 aliphatic rings. The number of nitrogens with zero attached hydrogens (tertiary/aromatic N) is 3. The summed E-state index contributed by atoms with van der Waals surface area (Å²) in [6.45, 7) is 9.73. The Kier molecular flexibility index (Phi) is 5.22. The molecule has 0 bridgehead atoms. The van der Waals surface area contributed by atoms with Gasteiger partial charge in [-0.25, -0.2) is 0 Å². The summed E-state index contributed by atoms with van der Waals surface area (Å²) in [5, 5.41) is 3.57. The van der Waals surface area contributed by atoms with Crippen molar-refractivity contribution in [2.75, 3.05) is 32.1 Å². The second-order valence-corrected chi connectivity index (χ2v) is 7.31. The fraction of sp³-hybridized carbons (Fsp3) is 0.706. The van der Waals surface area contributed by atoms with Gasteiger partial charge < -0.3 is 15.1 Å². The average molecular weight is 290 g/mol. The van der Waals surface area contributed by atoms with Crippen LogP contribution in [0.15, 0.2) is 18.5 Å². The normalized spacial score (nSPS) is 20.1. The highest BCUT2D eigenvalue weighted by molar-refractivity contribution is 5.52. The predicted octanol–water partition coefficient (Wildman–Crippen LogP) is 2.50. The number of piperidine rings is 1. The lowest BCUT2D eigenvalue weighted by Gasteiger charge is -2.38. The molecule has 4 heteroatoms. The second-order valence-electron chi connectivity index (χ2n) is 7.31. The van der Waals surface area contributed by atoms with Crippen LogP contribution in [0.2, 0.25) is 0 Å². The maximum Gasteiger partial charge on any atom is 0.0443 e. The summed E-state index contributed by atoms with van der Waals surface area (Å²) in [6, 6.07) is 2.81. The molecule has 1 unspecified atom stereocenters. The van der Waals surface area contributed by atoms with E-state index in [1.165, 1.54) is 24.1 Å². The monoisotopic (exact) mass is 290 g/mol. The maximum absolute atomic E-state index is 4.32. The molecule has 0 aliphatic carbocycles. The molecule has 1 N–H and O–H groups in total. The van der Waals surface area contributed by atoms with Crippen LogP contribution in [-0.2, 0) is 6.54 Å². The number of rotatable bonds is 4. The lowest BCUT2D eigenvalue weighted by Crippen LogP contribution is -2.45. The van der Waals surface area contributed by atoms with Crippen LogP contribution in [0.5, 0.6) is 0 Å². The van der Waals surface area contributed by atoms with Gasteiger partial charge in [-0.1, -0.05) is 0 Å². The molecule has 0 saturated carbocycles. The van der Waals surface area contributed by atoms with E-state index in [1.807, 2.05) is 12.4 Å². The Morgan fingerprint density at radius 2 is 2.14 bits per heavy atom. The SMILES string of the molecule is CN(C)C1CCCN(c2ccncc2CNC(C)(C)C)C1. The Balaban J connectivity index is 2.11. The highest BCUT2D eigenvalue weighted by atomic mass is 15.2. The summed E-state index contributed by atoms with van der Waals surface area (Å²) in [4.78, 5) is 9.19. The third-order valence-electron chi connectivity index (χ3n) is 4.15. The van der Waals surface area contributed by atoms with Crippen LogP contribution < -0.4 is 10.2 Å². The molecule has 0 amide bonds. The lowest BCUT2D eigenvalue weighted by atomic mass is 10.0. The van der Waals surface area contributed by atoms with Gasteiger partial charge in [-0.3, -0.25) is 4.98 Å². The summed E-state index contributed by atoms with van der Waals surface area (Å²) >= 11 is 0. The van der Waals surface area contributed by atoms with Crippen molar-refractivity contribution in [1.82, 2.24) is 15.2 Å². The molecule has 2 rings (SSSR count). The van der Waals surface area contributed by atoms with Crippen molar-refractivity contribution < 1.29 is 0 Å². The number of likely N-dealkylation sites (N-methyl/N-ethyl adjacent to an activating group) is 1.